The van der Waals surface area contributed by atoms with Gasteiger partial charge in [0.15, 0.2) is 0 Å². The minimum absolute atomic E-state index is 0.120. The first-order valence-electron chi connectivity index (χ1n) is 6.26. The number of nitrogens with zero attached hydrogens (tertiary/aromatic N) is 1. The van der Waals surface area contributed by atoms with E-state index in [0.29, 0.717) is 0 Å². The highest BCUT2D eigenvalue weighted by Gasteiger charge is 2.24. The van der Waals surface area contributed by atoms with Crippen LogP contribution in [-0.2, 0) is 6.54 Å². The summed E-state index contributed by atoms with van der Waals surface area (Å²) in [6.45, 7) is 8.10. The molecule has 0 fully saturated rings. The average molecular weight is 315 g/mol. The van der Waals surface area contributed by atoms with Gasteiger partial charge in [-0.25, -0.2) is 0 Å². The molecular weight excluding hydrogens is 292 g/mol. The van der Waals surface area contributed by atoms with Gasteiger partial charge in [0.1, 0.15) is 0 Å². The van der Waals surface area contributed by atoms with Crippen LogP contribution in [0.4, 0.5) is 5.69 Å². The number of nitrogens with one attached hydrogen (secondary N) is 1. The molecule has 0 saturated heterocycles. The Morgan fingerprint density at radius 2 is 2.06 bits per heavy atom. The third-order valence-corrected chi connectivity index (χ3v) is 3.88. The Bertz CT molecular complexity index is 393. The number of halogens is 1. The monoisotopic (exact) mass is 314 g/mol. The maximum absolute atomic E-state index is 9.42. The lowest BCUT2D eigenvalue weighted by Gasteiger charge is -2.36. The summed E-state index contributed by atoms with van der Waals surface area (Å²) in [4.78, 5) is 2.09. The second-order valence-corrected chi connectivity index (χ2v) is 5.95. The molecule has 0 amide bonds. The minimum atomic E-state index is -0.272. The molecule has 0 aliphatic rings. The fraction of sp³-hybridized carbons (Fsp3) is 0.571. The Labute approximate surface area is 118 Å². The summed E-state index contributed by atoms with van der Waals surface area (Å²) in [5, 5.41) is 12.7. The van der Waals surface area contributed by atoms with Crippen LogP contribution in [0.3, 0.4) is 0 Å². The number of aliphatic hydroxyl groups excluding tert-OH is 1. The number of benzene rings is 1. The van der Waals surface area contributed by atoms with Crippen LogP contribution >= 0.6 is 15.9 Å². The first kappa shape index (κ1) is 15.5. The molecule has 0 unspecified atom stereocenters. The molecule has 0 aromatic heterocycles. The molecule has 0 radical (unpaired) electrons. The fourth-order valence-corrected chi connectivity index (χ4v) is 2.33. The van der Waals surface area contributed by atoms with Crippen LogP contribution in [0.15, 0.2) is 22.7 Å². The van der Waals surface area contributed by atoms with Crippen LogP contribution in [0.2, 0.25) is 0 Å². The largest absolute Gasteiger partial charge is 0.394 e. The van der Waals surface area contributed by atoms with Crippen molar-refractivity contribution >= 4 is 21.6 Å². The van der Waals surface area contributed by atoms with E-state index in [1.165, 1.54) is 5.56 Å². The van der Waals surface area contributed by atoms with Crippen molar-refractivity contribution in [1.29, 1.82) is 0 Å². The molecule has 1 rings (SSSR count). The van der Waals surface area contributed by atoms with Gasteiger partial charge in [-0.05, 0) is 54.0 Å². The summed E-state index contributed by atoms with van der Waals surface area (Å²) in [6, 6.07) is 6.34. The molecule has 1 aromatic carbocycles. The highest BCUT2D eigenvalue weighted by Crippen LogP contribution is 2.30. The quantitative estimate of drug-likeness (QED) is 0.847. The van der Waals surface area contributed by atoms with Crippen molar-refractivity contribution in [2.24, 2.45) is 0 Å². The van der Waals surface area contributed by atoms with Crippen LogP contribution in [0.25, 0.3) is 0 Å². The predicted molar refractivity (Wildman–Crippen MR) is 81.1 cm³/mol. The zero-order valence-electron chi connectivity index (χ0n) is 11.6. The van der Waals surface area contributed by atoms with E-state index >= 15 is 0 Å². The van der Waals surface area contributed by atoms with Crippen molar-refractivity contribution in [1.82, 2.24) is 5.32 Å². The van der Waals surface area contributed by atoms with Gasteiger partial charge in [-0.15, -0.1) is 0 Å². The number of hydrogen-bond donors (Lipinski definition) is 2. The molecular formula is C14H23BrN2O. The maximum Gasteiger partial charge on any atom is 0.0658 e. The molecule has 2 N–H and O–H groups in total. The molecule has 0 bridgehead atoms. The van der Waals surface area contributed by atoms with Gasteiger partial charge in [0, 0.05) is 18.1 Å². The van der Waals surface area contributed by atoms with Crippen LogP contribution in [-0.4, -0.2) is 30.8 Å². The van der Waals surface area contributed by atoms with Crippen molar-refractivity contribution in [3.8, 4) is 0 Å². The van der Waals surface area contributed by atoms with Gasteiger partial charge in [0.25, 0.3) is 0 Å². The van der Waals surface area contributed by atoms with Gasteiger partial charge in [0.05, 0.1) is 17.8 Å². The van der Waals surface area contributed by atoms with Gasteiger partial charge in [-0.1, -0.05) is 13.0 Å². The van der Waals surface area contributed by atoms with Crippen molar-refractivity contribution in [3.05, 3.63) is 28.2 Å². The molecule has 4 heteroatoms. The van der Waals surface area contributed by atoms with Crippen LogP contribution < -0.4 is 10.2 Å². The molecule has 0 saturated carbocycles. The first-order chi connectivity index (χ1) is 8.42. The lowest BCUT2D eigenvalue weighted by Crippen LogP contribution is -2.44. The standard InChI is InChI=1S/C14H23BrN2O/c1-5-16-9-11-6-7-13(12(15)8-11)17(4)14(2,3)10-18/h6-8,16,18H,5,9-10H2,1-4H3. The van der Waals surface area contributed by atoms with Crippen molar-refractivity contribution < 1.29 is 5.11 Å². The second kappa shape index (κ2) is 6.55. The van der Waals surface area contributed by atoms with E-state index in [1.807, 2.05) is 20.9 Å². The molecule has 0 heterocycles. The van der Waals surface area contributed by atoms with Gasteiger partial charge in [-0.2, -0.15) is 0 Å². The highest BCUT2D eigenvalue weighted by molar-refractivity contribution is 9.10. The van der Waals surface area contributed by atoms with Crippen molar-refractivity contribution in [3.63, 3.8) is 0 Å². The molecule has 0 atom stereocenters. The summed E-state index contributed by atoms with van der Waals surface area (Å²) < 4.78 is 1.06. The Morgan fingerprint density at radius 1 is 1.39 bits per heavy atom. The summed E-state index contributed by atoms with van der Waals surface area (Å²) in [5.41, 5.74) is 2.07. The third-order valence-electron chi connectivity index (χ3n) is 3.25. The fourth-order valence-electron chi connectivity index (χ4n) is 1.63. The van der Waals surface area contributed by atoms with E-state index in [9.17, 15) is 5.11 Å². The van der Waals surface area contributed by atoms with E-state index in [0.717, 1.165) is 23.2 Å². The summed E-state index contributed by atoms with van der Waals surface area (Å²) in [5.74, 6) is 0. The molecule has 0 spiro atoms. The highest BCUT2D eigenvalue weighted by atomic mass is 79.9. The molecule has 102 valence electrons. The second-order valence-electron chi connectivity index (χ2n) is 5.10. The van der Waals surface area contributed by atoms with Crippen LogP contribution in [0, 0.1) is 0 Å². The predicted octanol–water partition coefficient (Wildman–Crippen LogP) is 2.77. The number of hydrogen-bond acceptors (Lipinski definition) is 3. The summed E-state index contributed by atoms with van der Waals surface area (Å²) in [7, 11) is 2.00. The molecule has 3 nitrogen and oxygen atoms in total. The van der Waals surface area contributed by atoms with Gasteiger partial charge in [0.2, 0.25) is 0 Å². The Morgan fingerprint density at radius 3 is 2.56 bits per heavy atom. The molecule has 0 aliphatic heterocycles. The van der Waals surface area contributed by atoms with Crippen molar-refractivity contribution in [2.45, 2.75) is 32.9 Å². The lowest BCUT2D eigenvalue weighted by atomic mass is 10.0. The molecule has 0 aliphatic carbocycles. The third kappa shape index (κ3) is 3.70. The maximum atomic E-state index is 9.42. The van der Waals surface area contributed by atoms with E-state index in [2.05, 4.69) is 51.3 Å². The normalized spacial score (nSPS) is 11.7. The zero-order valence-corrected chi connectivity index (χ0v) is 13.2. The number of anilines is 1. The van der Waals surface area contributed by atoms with E-state index in [4.69, 9.17) is 0 Å². The smallest absolute Gasteiger partial charge is 0.0658 e. The number of aliphatic hydroxyl groups is 1. The van der Waals surface area contributed by atoms with Crippen LogP contribution in [0.1, 0.15) is 26.3 Å². The summed E-state index contributed by atoms with van der Waals surface area (Å²) in [6.07, 6.45) is 0. The SMILES string of the molecule is CCNCc1ccc(N(C)C(C)(C)CO)c(Br)c1. The van der Waals surface area contributed by atoms with Crippen molar-refractivity contribution in [2.75, 3.05) is 25.1 Å². The summed E-state index contributed by atoms with van der Waals surface area (Å²) >= 11 is 3.61. The molecule has 18 heavy (non-hydrogen) atoms. The van der Waals surface area contributed by atoms with Gasteiger partial charge < -0.3 is 15.3 Å². The average Bonchev–Trinajstić information content (AvgIpc) is 2.35. The number of rotatable bonds is 6. The lowest BCUT2D eigenvalue weighted by molar-refractivity contribution is 0.216. The van der Waals surface area contributed by atoms with E-state index in [-0.39, 0.29) is 12.1 Å². The Balaban J connectivity index is 2.91. The van der Waals surface area contributed by atoms with Gasteiger partial charge in [-0.3, -0.25) is 0 Å². The minimum Gasteiger partial charge on any atom is -0.394 e. The van der Waals surface area contributed by atoms with Gasteiger partial charge >= 0.3 is 0 Å². The first-order valence-corrected chi connectivity index (χ1v) is 7.05. The van der Waals surface area contributed by atoms with E-state index in [1.54, 1.807) is 0 Å². The molecule has 1 aromatic rings. The van der Waals surface area contributed by atoms with E-state index < -0.39 is 0 Å². The topological polar surface area (TPSA) is 35.5 Å². The van der Waals surface area contributed by atoms with Crippen LogP contribution in [0.5, 0.6) is 0 Å². The Hall–Kier alpha value is -0.580. The Kier molecular flexibility index (Phi) is 5.63. The zero-order chi connectivity index (χ0) is 13.8. The number of likely N-dealkylation sites (N-methyl/N-ethyl adjacent to an activating group) is 1.